The Kier molecular flexibility index (Phi) is 8.51. The highest BCUT2D eigenvalue weighted by atomic mass is 16.5. The first kappa shape index (κ1) is 17.2. The normalized spacial score (nSPS) is 12.6. The molecular weight excluding hydrogens is 250 g/mol. The third-order valence-corrected chi connectivity index (χ3v) is 3.65. The van der Waals surface area contributed by atoms with Crippen LogP contribution >= 0.6 is 0 Å². The fourth-order valence-electron chi connectivity index (χ4n) is 2.28. The Hall–Kier alpha value is -0.900. The molecule has 114 valence electrons. The van der Waals surface area contributed by atoms with Crippen molar-refractivity contribution in [3.8, 4) is 0 Å². The van der Waals surface area contributed by atoms with Gasteiger partial charge in [-0.3, -0.25) is 0 Å². The molecule has 3 nitrogen and oxygen atoms in total. The molecule has 1 atom stereocenters. The summed E-state index contributed by atoms with van der Waals surface area (Å²) in [6.07, 6.45) is 2.14. The van der Waals surface area contributed by atoms with Gasteiger partial charge in [-0.1, -0.05) is 25.1 Å². The van der Waals surface area contributed by atoms with E-state index in [2.05, 4.69) is 44.3 Å². The van der Waals surface area contributed by atoms with Gasteiger partial charge < -0.3 is 14.8 Å². The van der Waals surface area contributed by atoms with Gasteiger partial charge in [-0.25, -0.2) is 0 Å². The molecule has 0 aliphatic carbocycles. The van der Waals surface area contributed by atoms with Gasteiger partial charge in [-0.15, -0.1) is 0 Å². The first-order valence-corrected chi connectivity index (χ1v) is 7.56. The summed E-state index contributed by atoms with van der Waals surface area (Å²) in [6, 6.07) is 6.91. The van der Waals surface area contributed by atoms with Gasteiger partial charge >= 0.3 is 0 Å². The van der Waals surface area contributed by atoms with Crippen LogP contribution in [0.25, 0.3) is 0 Å². The Balaban J connectivity index is 2.61. The second kappa shape index (κ2) is 9.92. The van der Waals surface area contributed by atoms with E-state index in [1.165, 1.54) is 16.7 Å². The van der Waals surface area contributed by atoms with Gasteiger partial charge in [0.15, 0.2) is 0 Å². The summed E-state index contributed by atoms with van der Waals surface area (Å²) in [4.78, 5) is 0. The third-order valence-electron chi connectivity index (χ3n) is 3.65. The SMILES string of the molecule is CCCNC(CCOCCOC)c1cccc(C)c1C. The molecule has 1 N–H and O–H groups in total. The van der Waals surface area contributed by atoms with Crippen LogP contribution in [0.1, 0.15) is 42.5 Å². The first-order valence-electron chi connectivity index (χ1n) is 7.56. The molecule has 0 radical (unpaired) electrons. The van der Waals surface area contributed by atoms with Crippen molar-refractivity contribution in [3.63, 3.8) is 0 Å². The van der Waals surface area contributed by atoms with Crippen molar-refractivity contribution in [1.29, 1.82) is 0 Å². The van der Waals surface area contributed by atoms with Crippen molar-refractivity contribution in [2.75, 3.05) is 33.5 Å². The highest BCUT2D eigenvalue weighted by Crippen LogP contribution is 2.23. The van der Waals surface area contributed by atoms with Crippen molar-refractivity contribution >= 4 is 0 Å². The van der Waals surface area contributed by atoms with E-state index in [-0.39, 0.29) is 0 Å². The predicted molar refractivity (Wildman–Crippen MR) is 84.3 cm³/mol. The summed E-state index contributed by atoms with van der Waals surface area (Å²) in [5, 5.41) is 3.63. The van der Waals surface area contributed by atoms with E-state index < -0.39 is 0 Å². The van der Waals surface area contributed by atoms with E-state index in [1.54, 1.807) is 7.11 Å². The molecule has 0 aromatic heterocycles. The lowest BCUT2D eigenvalue weighted by Crippen LogP contribution is -2.24. The van der Waals surface area contributed by atoms with Gasteiger partial charge in [-0.2, -0.15) is 0 Å². The van der Waals surface area contributed by atoms with Crippen molar-refractivity contribution in [2.24, 2.45) is 0 Å². The maximum atomic E-state index is 5.61. The van der Waals surface area contributed by atoms with E-state index in [9.17, 15) is 0 Å². The van der Waals surface area contributed by atoms with Crippen molar-refractivity contribution in [1.82, 2.24) is 5.32 Å². The lowest BCUT2D eigenvalue weighted by Gasteiger charge is -2.22. The molecule has 0 aliphatic rings. The van der Waals surface area contributed by atoms with Crippen LogP contribution < -0.4 is 5.32 Å². The quantitative estimate of drug-likeness (QED) is 0.666. The highest BCUT2D eigenvalue weighted by Gasteiger charge is 2.13. The number of hydrogen-bond acceptors (Lipinski definition) is 3. The maximum Gasteiger partial charge on any atom is 0.0700 e. The average Bonchev–Trinajstić information content (AvgIpc) is 2.45. The summed E-state index contributed by atoms with van der Waals surface area (Å²) in [5.74, 6) is 0. The number of benzene rings is 1. The summed E-state index contributed by atoms with van der Waals surface area (Å²) >= 11 is 0. The van der Waals surface area contributed by atoms with Crippen molar-refractivity contribution in [2.45, 2.75) is 39.7 Å². The zero-order valence-electron chi connectivity index (χ0n) is 13.4. The second-order valence-corrected chi connectivity index (χ2v) is 5.19. The fourth-order valence-corrected chi connectivity index (χ4v) is 2.28. The Morgan fingerprint density at radius 2 is 1.95 bits per heavy atom. The molecule has 0 amide bonds. The van der Waals surface area contributed by atoms with Gasteiger partial charge in [0.05, 0.1) is 13.2 Å². The minimum Gasteiger partial charge on any atom is -0.382 e. The minimum absolute atomic E-state index is 0.373. The molecule has 0 saturated carbocycles. The van der Waals surface area contributed by atoms with E-state index in [0.29, 0.717) is 19.3 Å². The number of hydrogen-bond donors (Lipinski definition) is 1. The largest absolute Gasteiger partial charge is 0.382 e. The van der Waals surface area contributed by atoms with E-state index >= 15 is 0 Å². The fraction of sp³-hybridized carbons (Fsp3) is 0.647. The Labute approximate surface area is 123 Å². The standard InChI is InChI=1S/C17H29NO2/c1-5-10-18-17(9-11-20-13-12-19-4)16-8-6-7-14(2)15(16)3/h6-8,17-18H,5,9-13H2,1-4H3. The van der Waals surface area contributed by atoms with Crippen LogP contribution in [0.3, 0.4) is 0 Å². The van der Waals surface area contributed by atoms with Crippen LogP contribution in [-0.4, -0.2) is 33.5 Å². The monoisotopic (exact) mass is 279 g/mol. The maximum absolute atomic E-state index is 5.61. The molecule has 1 aromatic rings. The van der Waals surface area contributed by atoms with Crippen molar-refractivity contribution in [3.05, 3.63) is 34.9 Å². The van der Waals surface area contributed by atoms with Crippen LogP contribution in [0.5, 0.6) is 0 Å². The first-order chi connectivity index (χ1) is 9.70. The van der Waals surface area contributed by atoms with Crippen LogP contribution in [0, 0.1) is 13.8 Å². The molecule has 0 aliphatic heterocycles. The summed E-state index contributed by atoms with van der Waals surface area (Å²) < 4.78 is 10.6. The third kappa shape index (κ3) is 5.61. The van der Waals surface area contributed by atoms with Crippen LogP contribution in [-0.2, 0) is 9.47 Å². The number of rotatable bonds is 10. The average molecular weight is 279 g/mol. The minimum atomic E-state index is 0.373. The topological polar surface area (TPSA) is 30.5 Å². The molecule has 0 spiro atoms. The Morgan fingerprint density at radius 3 is 2.65 bits per heavy atom. The van der Waals surface area contributed by atoms with Crippen LogP contribution in [0.2, 0.25) is 0 Å². The van der Waals surface area contributed by atoms with Gasteiger partial charge in [0.25, 0.3) is 0 Å². The molecule has 0 saturated heterocycles. The molecule has 3 heteroatoms. The second-order valence-electron chi connectivity index (χ2n) is 5.19. The lowest BCUT2D eigenvalue weighted by molar-refractivity contribution is 0.0657. The number of methoxy groups -OCH3 is 1. The Bertz CT molecular complexity index is 379. The molecular formula is C17H29NO2. The van der Waals surface area contributed by atoms with E-state index in [1.807, 2.05) is 0 Å². The lowest BCUT2D eigenvalue weighted by atomic mass is 9.95. The van der Waals surface area contributed by atoms with Gasteiger partial charge in [-0.05, 0) is 49.9 Å². The number of ether oxygens (including phenoxy) is 2. The van der Waals surface area contributed by atoms with Crippen LogP contribution in [0.4, 0.5) is 0 Å². The van der Waals surface area contributed by atoms with Gasteiger partial charge in [0.1, 0.15) is 0 Å². The molecule has 1 unspecified atom stereocenters. The summed E-state index contributed by atoms with van der Waals surface area (Å²) in [7, 11) is 1.70. The predicted octanol–water partition coefficient (Wildman–Crippen LogP) is 3.40. The summed E-state index contributed by atoms with van der Waals surface area (Å²) in [6.45, 7) is 9.71. The molecule has 1 aromatic carbocycles. The van der Waals surface area contributed by atoms with E-state index in [0.717, 1.165) is 26.0 Å². The Morgan fingerprint density at radius 1 is 1.15 bits per heavy atom. The molecule has 0 bridgehead atoms. The van der Waals surface area contributed by atoms with E-state index in [4.69, 9.17) is 9.47 Å². The van der Waals surface area contributed by atoms with Crippen molar-refractivity contribution < 1.29 is 9.47 Å². The molecule has 1 rings (SSSR count). The summed E-state index contributed by atoms with van der Waals surface area (Å²) in [5.41, 5.74) is 4.14. The van der Waals surface area contributed by atoms with Crippen LogP contribution in [0.15, 0.2) is 18.2 Å². The zero-order valence-corrected chi connectivity index (χ0v) is 13.4. The zero-order chi connectivity index (χ0) is 14.8. The molecule has 20 heavy (non-hydrogen) atoms. The van der Waals surface area contributed by atoms with Gasteiger partial charge in [0.2, 0.25) is 0 Å². The smallest absolute Gasteiger partial charge is 0.0700 e. The molecule has 0 heterocycles. The molecule has 0 fully saturated rings. The number of aryl methyl sites for hydroxylation is 1. The highest BCUT2D eigenvalue weighted by molar-refractivity contribution is 5.35. The van der Waals surface area contributed by atoms with Gasteiger partial charge in [0, 0.05) is 19.8 Å². The number of nitrogens with one attached hydrogen (secondary N) is 1.